The van der Waals surface area contributed by atoms with Gasteiger partial charge in [-0.25, -0.2) is 23.2 Å². The van der Waals surface area contributed by atoms with Gasteiger partial charge in [0.15, 0.2) is 11.5 Å². The Bertz CT molecular complexity index is 1270. The second kappa shape index (κ2) is 8.95. The van der Waals surface area contributed by atoms with Crippen molar-refractivity contribution in [1.82, 2.24) is 9.97 Å². The number of carbonyl (C=O) groups excluding carboxylic acids is 2. The van der Waals surface area contributed by atoms with E-state index in [1.165, 1.54) is 13.0 Å². The highest BCUT2D eigenvalue weighted by Gasteiger charge is 2.25. The number of Topliss-reactive ketones (excluding diaryl/α,β-unsaturated/α-hetero) is 1. The number of ketones is 1. The van der Waals surface area contributed by atoms with E-state index in [-0.39, 0.29) is 27.9 Å². The van der Waals surface area contributed by atoms with Crippen molar-refractivity contribution in [2.45, 2.75) is 31.7 Å². The highest BCUT2D eigenvalue weighted by Crippen LogP contribution is 2.24. The number of benzene rings is 2. The minimum atomic E-state index is -3.94. The van der Waals surface area contributed by atoms with E-state index in [1.54, 1.807) is 43.3 Å². The van der Waals surface area contributed by atoms with Crippen LogP contribution in [0.1, 0.15) is 44.5 Å². The summed E-state index contributed by atoms with van der Waals surface area (Å²) in [4.78, 5) is 32.2. The van der Waals surface area contributed by atoms with Crippen LogP contribution in [0.15, 0.2) is 53.8 Å². The Morgan fingerprint density at radius 2 is 1.68 bits per heavy atom. The summed E-state index contributed by atoms with van der Waals surface area (Å²) in [7, 11) is -3.94. The van der Waals surface area contributed by atoms with E-state index in [0.29, 0.717) is 5.56 Å². The zero-order valence-corrected chi connectivity index (χ0v) is 18.6. The number of ether oxygens (including phenoxy) is 1. The number of nitrogens with zero attached hydrogens (tertiary/aromatic N) is 2. The Morgan fingerprint density at radius 1 is 1.03 bits per heavy atom. The van der Waals surface area contributed by atoms with Gasteiger partial charge in [-0.15, -0.1) is 0 Å². The van der Waals surface area contributed by atoms with E-state index >= 15 is 0 Å². The molecule has 1 heterocycles. The molecule has 2 aromatic carbocycles. The van der Waals surface area contributed by atoms with E-state index in [1.807, 2.05) is 6.92 Å². The molecule has 0 aliphatic heterocycles. The molecule has 0 aliphatic rings. The fraction of sp³-hybridized carbons (Fsp3) is 0.182. The molecule has 3 aromatic rings. The SMILES string of the molecule is CC(=O)c1ccc(C)cc1OC(=O)c1nc(S(=O)(=O)Cc2ccc(C)cc2)ncc1Cl. The maximum Gasteiger partial charge on any atom is 0.364 e. The number of sulfone groups is 1. The average Bonchev–Trinajstić information content (AvgIpc) is 2.69. The van der Waals surface area contributed by atoms with Crippen molar-refractivity contribution in [3.8, 4) is 5.75 Å². The Balaban J connectivity index is 1.92. The summed E-state index contributed by atoms with van der Waals surface area (Å²) in [5, 5.41) is -0.711. The van der Waals surface area contributed by atoms with Gasteiger partial charge in [0.2, 0.25) is 15.0 Å². The van der Waals surface area contributed by atoms with E-state index in [2.05, 4.69) is 9.97 Å². The zero-order chi connectivity index (χ0) is 22.8. The highest BCUT2D eigenvalue weighted by atomic mass is 35.5. The first kappa shape index (κ1) is 22.6. The molecule has 0 atom stereocenters. The summed E-state index contributed by atoms with van der Waals surface area (Å²) in [5.41, 5.74) is 2.11. The molecule has 160 valence electrons. The monoisotopic (exact) mass is 458 g/mol. The molecule has 3 rings (SSSR count). The van der Waals surface area contributed by atoms with Crippen LogP contribution in [0, 0.1) is 13.8 Å². The van der Waals surface area contributed by atoms with Gasteiger partial charge in [0, 0.05) is 0 Å². The first-order chi connectivity index (χ1) is 14.6. The van der Waals surface area contributed by atoms with Gasteiger partial charge in [-0.3, -0.25) is 4.79 Å². The normalized spacial score (nSPS) is 11.2. The lowest BCUT2D eigenvalue weighted by Crippen LogP contribution is -2.17. The maximum absolute atomic E-state index is 12.8. The van der Waals surface area contributed by atoms with Gasteiger partial charge in [0.25, 0.3) is 0 Å². The third kappa shape index (κ3) is 5.34. The van der Waals surface area contributed by atoms with Crippen molar-refractivity contribution in [3.05, 3.63) is 81.6 Å². The molecule has 0 unspecified atom stereocenters. The number of rotatable bonds is 6. The van der Waals surface area contributed by atoms with Gasteiger partial charge in [0.05, 0.1) is 22.5 Å². The van der Waals surface area contributed by atoms with Crippen molar-refractivity contribution >= 4 is 33.2 Å². The number of hydrogen-bond donors (Lipinski definition) is 0. The fourth-order valence-corrected chi connectivity index (χ4v) is 4.14. The van der Waals surface area contributed by atoms with Gasteiger partial charge in [-0.05, 0) is 44.0 Å². The van der Waals surface area contributed by atoms with E-state index in [9.17, 15) is 18.0 Å². The smallest absolute Gasteiger partial charge is 0.364 e. The van der Waals surface area contributed by atoms with Crippen LogP contribution in [-0.4, -0.2) is 30.1 Å². The number of hydrogen-bond acceptors (Lipinski definition) is 7. The summed E-state index contributed by atoms with van der Waals surface area (Å²) >= 11 is 6.03. The quantitative estimate of drug-likeness (QED) is 0.236. The molecule has 0 amide bonds. The number of aryl methyl sites for hydroxylation is 2. The van der Waals surface area contributed by atoms with Crippen LogP contribution in [0.25, 0.3) is 0 Å². The second-order valence-electron chi connectivity index (χ2n) is 7.04. The van der Waals surface area contributed by atoms with Crippen molar-refractivity contribution < 1.29 is 22.7 Å². The van der Waals surface area contributed by atoms with Crippen LogP contribution in [0.3, 0.4) is 0 Å². The summed E-state index contributed by atoms with van der Waals surface area (Å²) < 4.78 is 30.8. The second-order valence-corrected chi connectivity index (χ2v) is 9.33. The minimum Gasteiger partial charge on any atom is -0.421 e. The van der Waals surface area contributed by atoms with Crippen LogP contribution < -0.4 is 4.74 Å². The van der Waals surface area contributed by atoms with Crippen LogP contribution in [0.5, 0.6) is 5.75 Å². The lowest BCUT2D eigenvalue weighted by molar-refractivity contribution is 0.0725. The van der Waals surface area contributed by atoms with E-state index < -0.39 is 26.7 Å². The molecular formula is C22H19ClN2O5S. The van der Waals surface area contributed by atoms with Gasteiger partial charge in [-0.1, -0.05) is 47.5 Å². The van der Waals surface area contributed by atoms with Gasteiger partial charge >= 0.3 is 5.97 Å². The molecule has 0 radical (unpaired) electrons. The summed E-state index contributed by atoms with van der Waals surface area (Å²) in [6.45, 7) is 5.01. The van der Waals surface area contributed by atoms with Crippen LogP contribution in [0.2, 0.25) is 5.02 Å². The van der Waals surface area contributed by atoms with E-state index in [4.69, 9.17) is 16.3 Å². The Kier molecular flexibility index (Phi) is 6.52. The van der Waals surface area contributed by atoms with E-state index in [0.717, 1.165) is 17.3 Å². The Morgan fingerprint density at radius 3 is 2.32 bits per heavy atom. The van der Waals surface area contributed by atoms with Crippen molar-refractivity contribution in [2.24, 2.45) is 0 Å². The van der Waals surface area contributed by atoms with Gasteiger partial charge in [0.1, 0.15) is 5.75 Å². The van der Waals surface area contributed by atoms with Gasteiger partial charge < -0.3 is 4.74 Å². The van der Waals surface area contributed by atoms with Crippen LogP contribution >= 0.6 is 11.6 Å². The standard InChI is InChI=1S/C22H19ClN2O5S/c1-13-4-7-16(8-5-13)12-31(28,29)22-24-11-18(23)20(25-22)21(27)30-19-10-14(2)6-9-17(19)15(3)26/h4-11H,12H2,1-3H3. The topological polar surface area (TPSA) is 103 Å². The highest BCUT2D eigenvalue weighted by molar-refractivity contribution is 7.90. The average molecular weight is 459 g/mol. The molecule has 0 aliphatic carbocycles. The molecule has 9 heteroatoms. The zero-order valence-electron chi connectivity index (χ0n) is 17.0. The number of aromatic nitrogens is 2. The molecule has 0 spiro atoms. The van der Waals surface area contributed by atoms with Crippen molar-refractivity contribution in [1.29, 1.82) is 0 Å². The first-order valence-corrected chi connectivity index (χ1v) is 11.2. The minimum absolute atomic E-state index is 0.0382. The maximum atomic E-state index is 12.8. The number of esters is 1. The molecule has 31 heavy (non-hydrogen) atoms. The Labute approximate surface area is 185 Å². The lowest BCUT2D eigenvalue weighted by atomic mass is 10.1. The summed E-state index contributed by atoms with van der Waals surface area (Å²) in [5.74, 6) is -1.59. The largest absolute Gasteiger partial charge is 0.421 e. The number of carbonyl (C=O) groups is 2. The number of halogens is 1. The third-order valence-corrected chi connectivity index (χ3v) is 6.13. The first-order valence-electron chi connectivity index (χ1n) is 9.21. The summed E-state index contributed by atoms with van der Waals surface area (Å²) in [6, 6.07) is 11.8. The molecule has 0 N–H and O–H groups in total. The lowest BCUT2D eigenvalue weighted by Gasteiger charge is -2.10. The molecule has 0 saturated carbocycles. The predicted molar refractivity (Wildman–Crippen MR) is 115 cm³/mol. The van der Waals surface area contributed by atoms with Gasteiger partial charge in [-0.2, -0.15) is 0 Å². The van der Waals surface area contributed by atoms with Crippen molar-refractivity contribution in [2.75, 3.05) is 0 Å². The fourth-order valence-electron chi connectivity index (χ4n) is 2.77. The molecule has 0 bridgehead atoms. The van der Waals surface area contributed by atoms with Crippen LogP contribution in [0.4, 0.5) is 0 Å². The molecule has 1 aromatic heterocycles. The third-order valence-electron chi connectivity index (χ3n) is 4.39. The van der Waals surface area contributed by atoms with Crippen molar-refractivity contribution in [3.63, 3.8) is 0 Å². The summed E-state index contributed by atoms with van der Waals surface area (Å²) in [6.07, 6.45) is 1.04. The predicted octanol–water partition coefficient (Wildman–Crippen LogP) is 4.14. The molecule has 0 saturated heterocycles. The molecular weight excluding hydrogens is 440 g/mol. The molecule has 0 fully saturated rings. The Hall–Kier alpha value is -3.10. The van der Waals surface area contributed by atoms with Crippen LogP contribution in [-0.2, 0) is 15.6 Å². The molecule has 7 nitrogen and oxygen atoms in total.